The van der Waals surface area contributed by atoms with Crippen LogP contribution in [0.5, 0.6) is 5.75 Å². The molecule has 0 radical (unpaired) electrons. The zero-order valence-electron chi connectivity index (χ0n) is 13.3. The second-order valence-corrected chi connectivity index (χ2v) is 6.11. The van der Waals surface area contributed by atoms with Gasteiger partial charge in [0.05, 0.1) is 6.20 Å². The summed E-state index contributed by atoms with van der Waals surface area (Å²) in [4.78, 5) is 21.1. The molecule has 2 saturated heterocycles. The molecule has 1 amide bonds. The van der Waals surface area contributed by atoms with Crippen LogP contribution < -0.4 is 4.74 Å². The highest BCUT2D eigenvalue weighted by Gasteiger charge is 2.39. The van der Waals surface area contributed by atoms with E-state index < -0.39 is 0 Å². The lowest BCUT2D eigenvalue weighted by Gasteiger charge is -2.34. The van der Waals surface area contributed by atoms with Crippen LogP contribution in [0.1, 0.15) is 32.6 Å². The average Bonchev–Trinajstić information content (AvgIpc) is 3.21. The minimum Gasteiger partial charge on any atom is -0.482 e. The molecule has 1 aromatic rings. The Morgan fingerprint density at radius 1 is 1.32 bits per heavy atom. The summed E-state index contributed by atoms with van der Waals surface area (Å²) in [5.74, 6) is 0.761. The number of likely N-dealkylation sites (N-methyl/N-ethyl adjacent to an activating group) is 1. The topological polar surface area (TPSA) is 45.7 Å². The molecule has 0 N–H and O–H groups in total. The second-order valence-electron chi connectivity index (χ2n) is 6.11. The molecule has 2 aliphatic heterocycles. The first-order valence-corrected chi connectivity index (χ1v) is 8.36. The van der Waals surface area contributed by atoms with Gasteiger partial charge in [-0.05, 0) is 50.9 Å². The Kier molecular flexibility index (Phi) is 4.93. The molecule has 0 spiro atoms. The molecule has 1 aromatic heterocycles. The average molecular weight is 303 g/mol. The van der Waals surface area contributed by atoms with Gasteiger partial charge in [-0.2, -0.15) is 0 Å². The molecule has 2 atom stereocenters. The van der Waals surface area contributed by atoms with E-state index in [-0.39, 0.29) is 12.5 Å². The first-order chi connectivity index (χ1) is 10.8. The zero-order valence-corrected chi connectivity index (χ0v) is 13.3. The van der Waals surface area contributed by atoms with Crippen LogP contribution in [0.4, 0.5) is 0 Å². The molecule has 2 fully saturated rings. The SMILES string of the molecule is CCN1CCC[C@H]1[C@@H]1CCCN1C(=O)COc1cccnc1. The van der Waals surface area contributed by atoms with Crippen LogP contribution in [0.2, 0.25) is 0 Å². The molecule has 5 nitrogen and oxygen atoms in total. The number of rotatable bonds is 5. The van der Waals surface area contributed by atoms with E-state index in [1.54, 1.807) is 12.4 Å². The predicted octanol–water partition coefficient (Wildman–Crippen LogP) is 1.94. The van der Waals surface area contributed by atoms with Crippen molar-refractivity contribution in [2.45, 2.75) is 44.7 Å². The third-order valence-electron chi connectivity index (χ3n) is 4.88. The summed E-state index contributed by atoms with van der Waals surface area (Å²) in [5, 5.41) is 0. The van der Waals surface area contributed by atoms with Crippen molar-refractivity contribution >= 4 is 5.91 Å². The standard InChI is InChI=1S/C17H25N3O2/c1-2-19-10-4-7-15(19)16-8-5-11-20(16)17(21)13-22-14-6-3-9-18-12-14/h3,6,9,12,15-16H,2,4-5,7-8,10-11,13H2,1H3/t15-,16-/m0/s1. The van der Waals surface area contributed by atoms with Crippen LogP contribution in [-0.4, -0.2) is 59.0 Å². The molecular weight excluding hydrogens is 278 g/mol. The van der Waals surface area contributed by atoms with Crippen molar-refractivity contribution in [1.82, 2.24) is 14.8 Å². The minimum atomic E-state index is 0.106. The number of carbonyl (C=O) groups is 1. The number of ether oxygens (including phenoxy) is 1. The molecule has 0 aromatic carbocycles. The predicted molar refractivity (Wildman–Crippen MR) is 84.7 cm³/mol. The Balaban J connectivity index is 1.59. The number of carbonyl (C=O) groups excluding carboxylic acids is 1. The lowest BCUT2D eigenvalue weighted by atomic mass is 10.0. The quantitative estimate of drug-likeness (QED) is 0.834. The third-order valence-corrected chi connectivity index (χ3v) is 4.88. The Morgan fingerprint density at radius 3 is 2.91 bits per heavy atom. The summed E-state index contributed by atoms with van der Waals surface area (Å²) in [6, 6.07) is 4.55. The van der Waals surface area contributed by atoms with Crippen LogP contribution in [0.3, 0.4) is 0 Å². The maximum Gasteiger partial charge on any atom is 0.260 e. The summed E-state index contributed by atoms with van der Waals surface area (Å²) in [6.45, 7) is 5.45. The van der Waals surface area contributed by atoms with Crippen molar-refractivity contribution in [3.8, 4) is 5.75 Å². The highest BCUT2D eigenvalue weighted by atomic mass is 16.5. The van der Waals surface area contributed by atoms with Crippen molar-refractivity contribution in [3.05, 3.63) is 24.5 Å². The molecule has 120 valence electrons. The van der Waals surface area contributed by atoms with Gasteiger partial charge in [-0.1, -0.05) is 6.92 Å². The van der Waals surface area contributed by atoms with Gasteiger partial charge in [0, 0.05) is 24.8 Å². The van der Waals surface area contributed by atoms with Gasteiger partial charge in [-0.25, -0.2) is 0 Å². The van der Waals surface area contributed by atoms with Crippen molar-refractivity contribution < 1.29 is 9.53 Å². The van der Waals surface area contributed by atoms with Gasteiger partial charge in [-0.15, -0.1) is 0 Å². The monoisotopic (exact) mass is 303 g/mol. The Morgan fingerprint density at radius 2 is 2.14 bits per heavy atom. The lowest BCUT2D eigenvalue weighted by molar-refractivity contribution is -0.135. The van der Waals surface area contributed by atoms with Crippen molar-refractivity contribution in [2.24, 2.45) is 0 Å². The number of aromatic nitrogens is 1. The molecule has 2 aliphatic rings. The van der Waals surface area contributed by atoms with Crippen LogP contribution in [0.15, 0.2) is 24.5 Å². The smallest absolute Gasteiger partial charge is 0.260 e. The second kappa shape index (κ2) is 7.09. The van der Waals surface area contributed by atoms with E-state index in [1.807, 2.05) is 12.1 Å². The number of amides is 1. The van der Waals surface area contributed by atoms with Crippen molar-refractivity contribution in [1.29, 1.82) is 0 Å². The maximum atomic E-state index is 12.5. The van der Waals surface area contributed by atoms with Crippen molar-refractivity contribution in [3.63, 3.8) is 0 Å². The van der Waals surface area contributed by atoms with Gasteiger partial charge in [0.15, 0.2) is 6.61 Å². The van der Waals surface area contributed by atoms with E-state index in [0.717, 1.165) is 25.9 Å². The largest absolute Gasteiger partial charge is 0.482 e. The fourth-order valence-corrected chi connectivity index (χ4v) is 3.84. The van der Waals surface area contributed by atoms with E-state index in [9.17, 15) is 4.79 Å². The van der Waals surface area contributed by atoms with E-state index in [1.165, 1.54) is 19.4 Å². The molecule has 5 heteroatoms. The molecule has 0 aliphatic carbocycles. The molecule has 3 rings (SSSR count). The normalized spacial score (nSPS) is 25.6. The summed E-state index contributed by atoms with van der Waals surface area (Å²) in [5.41, 5.74) is 0. The van der Waals surface area contributed by atoms with Gasteiger partial charge < -0.3 is 9.64 Å². The Hall–Kier alpha value is -1.62. The first-order valence-electron chi connectivity index (χ1n) is 8.36. The molecule has 0 unspecified atom stereocenters. The highest BCUT2D eigenvalue weighted by molar-refractivity contribution is 5.78. The van der Waals surface area contributed by atoms with E-state index >= 15 is 0 Å². The zero-order chi connectivity index (χ0) is 15.4. The van der Waals surface area contributed by atoms with Gasteiger partial charge in [0.1, 0.15) is 5.75 Å². The fraction of sp³-hybridized carbons (Fsp3) is 0.647. The summed E-state index contributed by atoms with van der Waals surface area (Å²) >= 11 is 0. The molecule has 0 bridgehead atoms. The molecular formula is C17H25N3O2. The van der Waals surface area contributed by atoms with Gasteiger partial charge in [-0.3, -0.25) is 14.7 Å². The van der Waals surface area contributed by atoms with Crippen molar-refractivity contribution in [2.75, 3.05) is 26.2 Å². The van der Waals surface area contributed by atoms with Crippen LogP contribution in [0.25, 0.3) is 0 Å². The molecule has 0 saturated carbocycles. The van der Waals surface area contributed by atoms with Gasteiger partial charge in [0.2, 0.25) is 0 Å². The minimum absolute atomic E-state index is 0.106. The fourth-order valence-electron chi connectivity index (χ4n) is 3.84. The van der Waals surface area contributed by atoms with Crippen LogP contribution in [-0.2, 0) is 4.79 Å². The number of likely N-dealkylation sites (tertiary alicyclic amines) is 2. The molecule has 22 heavy (non-hydrogen) atoms. The van der Waals surface area contributed by atoms with Gasteiger partial charge >= 0.3 is 0 Å². The summed E-state index contributed by atoms with van der Waals surface area (Å²) < 4.78 is 5.58. The molecule has 3 heterocycles. The number of hydrogen-bond donors (Lipinski definition) is 0. The highest BCUT2D eigenvalue weighted by Crippen LogP contribution is 2.29. The van der Waals surface area contributed by atoms with Crippen LogP contribution in [0, 0.1) is 0 Å². The number of nitrogens with zero attached hydrogens (tertiary/aromatic N) is 3. The number of pyridine rings is 1. The lowest BCUT2D eigenvalue weighted by Crippen LogP contribution is -2.49. The summed E-state index contributed by atoms with van der Waals surface area (Å²) in [6.07, 6.45) is 8.04. The third kappa shape index (κ3) is 3.24. The van der Waals surface area contributed by atoms with E-state index in [4.69, 9.17) is 4.74 Å². The Bertz CT molecular complexity index is 494. The Labute approximate surface area is 132 Å². The maximum absolute atomic E-state index is 12.5. The summed E-state index contributed by atoms with van der Waals surface area (Å²) in [7, 11) is 0. The number of hydrogen-bond acceptors (Lipinski definition) is 4. The van der Waals surface area contributed by atoms with E-state index in [2.05, 4.69) is 21.7 Å². The van der Waals surface area contributed by atoms with Crippen LogP contribution >= 0.6 is 0 Å². The first kappa shape index (κ1) is 15.3. The van der Waals surface area contributed by atoms with E-state index in [0.29, 0.717) is 17.8 Å². The van der Waals surface area contributed by atoms with Gasteiger partial charge in [0.25, 0.3) is 5.91 Å².